The van der Waals surface area contributed by atoms with Crippen molar-refractivity contribution in [3.8, 4) is 11.8 Å². The van der Waals surface area contributed by atoms with Crippen LogP contribution in [0.25, 0.3) is 0 Å². The van der Waals surface area contributed by atoms with Crippen molar-refractivity contribution in [2.45, 2.75) is 18.9 Å². The first kappa shape index (κ1) is 15.0. The van der Waals surface area contributed by atoms with Crippen molar-refractivity contribution in [1.82, 2.24) is 5.32 Å². The van der Waals surface area contributed by atoms with Gasteiger partial charge in [0.25, 0.3) is 5.91 Å². The number of amides is 1. The predicted octanol–water partition coefficient (Wildman–Crippen LogP) is 0.365. The van der Waals surface area contributed by atoms with Crippen molar-refractivity contribution in [2.24, 2.45) is 5.73 Å². The summed E-state index contributed by atoms with van der Waals surface area (Å²) in [5.41, 5.74) is 5.95. The van der Waals surface area contributed by atoms with Gasteiger partial charge in [0.15, 0.2) is 9.84 Å². The molecular weight excluding hydrogens is 296 g/mol. The summed E-state index contributed by atoms with van der Waals surface area (Å²) in [6.45, 7) is 0.234. The summed E-state index contributed by atoms with van der Waals surface area (Å²) in [5.74, 6) is 5.53. The molecule has 2 rings (SSSR count). The number of thiophene rings is 1. The second-order valence-corrected chi connectivity index (χ2v) is 7.74. The highest BCUT2D eigenvalue weighted by Gasteiger charge is 2.26. The average molecular weight is 312 g/mol. The summed E-state index contributed by atoms with van der Waals surface area (Å²) < 4.78 is 23.1. The van der Waals surface area contributed by atoms with E-state index in [4.69, 9.17) is 5.73 Å². The van der Waals surface area contributed by atoms with Gasteiger partial charge in [-0.1, -0.05) is 11.8 Å². The lowest BCUT2D eigenvalue weighted by molar-refractivity contribution is 0.0942. The molecule has 1 fully saturated rings. The van der Waals surface area contributed by atoms with E-state index < -0.39 is 9.84 Å². The van der Waals surface area contributed by atoms with Crippen LogP contribution in [0.4, 0.5) is 0 Å². The van der Waals surface area contributed by atoms with Crippen LogP contribution < -0.4 is 11.1 Å². The Kier molecular flexibility index (Phi) is 4.81. The third kappa shape index (κ3) is 3.82. The smallest absolute Gasteiger partial charge is 0.262 e. The van der Waals surface area contributed by atoms with E-state index in [9.17, 15) is 13.2 Å². The van der Waals surface area contributed by atoms with Gasteiger partial charge in [-0.15, -0.1) is 11.3 Å². The van der Waals surface area contributed by atoms with Crippen LogP contribution in [-0.2, 0) is 9.84 Å². The van der Waals surface area contributed by atoms with Gasteiger partial charge >= 0.3 is 0 Å². The average Bonchev–Trinajstić information content (AvgIpc) is 2.83. The molecular formula is C13H16N2O3S2. The summed E-state index contributed by atoms with van der Waals surface area (Å²) in [6.07, 6.45) is 1.29. The minimum absolute atomic E-state index is 0.0218. The highest BCUT2D eigenvalue weighted by Crippen LogP contribution is 2.18. The molecule has 3 N–H and O–H groups in total. The van der Waals surface area contributed by atoms with Crippen molar-refractivity contribution < 1.29 is 13.2 Å². The fourth-order valence-corrected chi connectivity index (χ4v) is 4.51. The molecule has 5 nitrogen and oxygen atoms in total. The fraction of sp³-hybridized carbons (Fsp3) is 0.462. The number of sulfone groups is 1. The molecule has 1 unspecified atom stereocenters. The van der Waals surface area contributed by atoms with Gasteiger partial charge in [-0.25, -0.2) is 8.42 Å². The molecule has 1 aromatic rings. The van der Waals surface area contributed by atoms with Gasteiger partial charge in [0.2, 0.25) is 0 Å². The molecule has 20 heavy (non-hydrogen) atoms. The Bertz CT molecular complexity index is 653. The first-order chi connectivity index (χ1) is 9.52. The van der Waals surface area contributed by atoms with Crippen LogP contribution in [0.3, 0.4) is 0 Å². The topological polar surface area (TPSA) is 89.3 Å². The lowest BCUT2D eigenvalue weighted by Crippen LogP contribution is -2.43. The molecule has 1 saturated heterocycles. The van der Waals surface area contributed by atoms with E-state index in [0.29, 0.717) is 23.3 Å². The summed E-state index contributed by atoms with van der Waals surface area (Å²) in [6, 6.07) is 1.46. The van der Waals surface area contributed by atoms with Crippen molar-refractivity contribution in [3.63, 3.8) is 0 Å². The molecule has 0 spiro atoms. The fourth-order valence-electron chi connectivity index (χ4n) is 2.12. The number of carbonyl (C=O) groups excluding carboxylic acids is 1. The number of rotatable bonds is 2. The van der Waals surface area contributed by atoms with Crippen LogP contribution >= 0.6 is 11.3 Å². The Morgan fingerprint density at radius 3 is 3.05 bits per heavy atom. The Hall–Kier alpha value is -1.36. The van der Waals surface area contributed by atoms with Gasteiger partial charge in [0, 0.05) is 11.6 Å². The lowest BCUT2D eigenvalue weighted by Gasteiger charge is -2.22. The zero-order valence-corrected chi connectivity index (χ0v) is 12.5. The van der Waals surface area contributed by atoms with Gasteiger partial charge in [-0.05, 0) is 24.3 Å². The molecule has 0 radical (unpaired) electrons. The first-order valence-corrected chi connectivity index (χ1v) is 8.99. The Morgan fingerprint density at radius 2 is 2.35 bits per heavy atom. The third-order valence-corrected chi connectivity index (χ3v) is 5.73. The molecule has 0 bridgehead atoms. The molecule has 0 aliphatic carbocycles. The molecule has 7 heteroatoms. The van der Waals surface area contributed by atoms with E-state index in [2.05, 4.69) is 17.2 Å². The normalized spacial score (nSPS) is 20.8. The quantitative estimate of drug-likeness (QED) is 0.772. The maximum atomic E-state index is 12.2. The molecule has 108 valence electrons. The first-order valence-electron chi connectivity index (χ1n) is 6.29. The van der Waals surface area contributed by atoms with Crippen LogP contribution in [0.15, 0.2) is 11.4 Å². The standard InChI is InChI=1S/C13H16N2O3S2/c14-6-1-3-10-5-7-19-12(10)13(16)15-11-4-2-8-20(17,18)9-11/h5,7,11H,2,4,6,8-9,14H2,(H,15,16). The van der Waals surface area contributed by atoms with E-state index in [1.807, 2.05) is 0 Å². The summed E-state index contributed by atoms with van der Waals surface area (Å²) in [5, 5.41) is 4.57. The minimum atomic E-state index is -3.03. The molecule has 0 saturated carbocycles. The Labute approximate surface area is 122 Å². The molecule has 2 heterocycles. The highest BCUT2D eigenvalue weighted by atomic mass is 32.2. The van der Waals surface area contributed by atoms with Gasteiger partial charge in [0.05, 0.1) is 18.1 Å². The predicted molar refractivity (Wildman–Crippen MR) is 79.4 cm³/mol. The van der Waals surface area contributed by atoms with Gasteiger partial charge < -0.3 is 11.1 Å². The molecule has 1 aliphatic heterocycles. The van der Waals surface area contributed by atoms with E-state index in [0.717, 1.165) is 0 Å². The number of carbonyl (C=O) groups is 1. The van der Waals surface area contributed by atoms with Gasteiger partial charge in [-0.2, -0.15) is 0 Å². The van der Waals surface area contributed by atoms with Crippen molar-refractivity contribution in [2.75, 3.05) is 18.1 Å². The molecule has 0 aromatic carbocycles. The third-order valence-electron chi connectivity index (χ3n) is 2.99. The molecule has 1 aromatic heterocycles. The van der Waals surface area contributed by atoms with Gasteiger partial charge in [0.1, 0.15) is 4.88 Å². The van der Waals surface area contributed by atoms with Crippen LogP contribution in [0.5, 0.6) is 0 Å². The summed E-state index contributed by atoms with van der Waals surface area (Å²) in [4.78, 5) is 12.7. The van der Waals surface area contributed by atoms with E-state index in [1.165, 1.54) is 11.3 Å². The molecule has 1 atom stereocenters. The molecule has 1 amide bonds. The monoisotopic (exact) mass is 312 g/mol. The van der Waals surface area contributed by atoms with Crippen LogP contribution in [-0.4, -0.2) is 38.4 Å². The van der Waals surface area contributed by atoms with Gasteiger partial charge in [-0.3, -0.25) is 4.79 Å². The lowest BCUT2D eigenvalue weighted by atomic mass is 10.1. The highest BCUT2D eigenvalue weighted by molar-refractivity contribution is 7.91. The summed E-state index contributed by atoms with van der Waals surface area (Å²) in [7, 11) is -3.03. The van der Waals surface area contributed by atoms with E-state index in [-0.39, 0.29) is 30.0 Å². The van der Waals surface area contributed by atoms with Crippen LogP contribution in [0.1, 0.15) is 28.1 Å². The largest absolute Gasteiger partial charge is 0.348 e. The van der Waals surface area contributed by atoms with Crippen LogP contribution in [0.2, 0.25) is 0 Å². The van der Waals surface area contributed by atoms with E-state index in [1.54, 1.807) is 11.4 Å². The SMILES string of the molecule is NCC#Cc1ccsc1C(=O)NC1CCCS(=O)(=O)C1. The molecule has 1 aliphatic rings. The number of hydrogen-bond acceptors (Lipinski definition) is 5. The Morgan fingerprint density at radius 1 is 1.55 bits per heavy atom. The Balaban J connectivity index is 2.07. The maximum Gasteiger partial charge on any atom is 0.262 e. The van der Waals surface area contributed by atoms with Crippen molar-refractivity contribution in [3.05, 3.63) is 21.9 Å². The second-order valence-electron chi connectivity index (χ2n) is 4.60. The number of hydrogen-bond donors (Lipinski definition) is 2. The van der Waals surface area contributed by atoms with Crippen LogP contribution in [0, 0.1) is 11.8 Å². The zero-order valence-electron chi connectivity index (χ0n) is 10.9. The minimum Gasteiger partial charge on any atom is -0.348 e. The number of nitrogens with one attached hydrogen (secondary N) is 1. The maximum absolute atomic E-state index is 12.2. The van der Waals surface area contributed by atoms with Crippen molar-refractivity contribution >= 4 is 27.1 Å². The second kappa shape index (κ2) is 6.39. The van der Waals surface area contributed by atoms with E-state index >= 15 is 0 Å². The number of nitrogens with two attached hydrogens (primary N) is 1. The summed E-state index contributed by atoms with van der Waals surface area (Å²) >= 11 is 1.29. The van der Waals surface area contributed by atoms with Crippen molar-refractivity contribution in [1.29, 1.82) is 0 Å². The zero-order chi connectivity index (χ0) is 14.6.